The van der Waals surface area contributed by atoms with Crippen molar-refractivity contribution in [1.29, 1.82) is 0 Å². The van der Waals surface area contributed by atoms with Crippen LogP contribution in [0, 0.1) is 11.3 Å². The van der Waals surface area contributed by atoms with Crippen LogP contribution in [0.15, 0.2) is 24.3 Å². The van der Waals surface area contributed by atoms with Crippen molar-refractivity contribution in [2.75, 3.05) is 23.8 Å². The summed E-state index contributed by atoms with van der Waals surface area (Å²) in [6.45, 7) is 7.18. The van der Waals surface area contributed by atoms with Gasteiger partial charge in [-0.1, -0.05) is 30.7 Å². The molecule has 2 heterocycles. The van der Waals surface area contributed by atoms with E-state index < -0.39 is 0 Å². The summed E-state index contributed by atoms with van der Waals surface area (Å²) >= 11 is 8.33. The summed E-state index contributed by atoms with van der Waals surface area (Å²) in [6, 6.07) is 8.05. The van der Waals surface area contributed by atoms with E-state index in [-0.39, 0.29) is 17.1 Å². The summed E-state index contributed by atoms with van der Waals surface area (Å²) in [5, 5.41) is 15.4. The van der Waals surface area contributed by atoms with Crippen LogP contribution in [0.1, 0.15) is 33.6 Å². The summed E-state index contributed by atoms with van der Waals surface area (Å²) in [7, 11) is 1.95. The fourth-order valence-corrected chi connectivity index (χ4v) is 6.26. The Bertz CT molecular complexity index is 1100. The molecular weight excluding hydrogens is 418 g/mol. The minimum Gasteiger partial charge on any atom is -0.392 e. The van der Waals surface area contributed by atoms with Gasteiger partial charge in [-0.15, -0.1) is 11.3 Å². The second-order valence-electron chi connectivity index (χ2n) is 8.87. The predicted octanol–water partition coefficient (Wildman–Crippen LogP) is 4.82. The van der Waals surface area contributed by atoms with E-state index in [9.17, 15) is 5.11 Å². The number of hydrogen-bond acceptors (Lipinski definition) is 7. The molecule has 0 saturated heterocycles. The SMILES string of the molecule is CCN(C)c1nc(Cl)c(-c2nc3ccccc3s2)c(NC2(C)CCC3C(O)C32C)n1. The number of rotatable bonds is 5. The quantitative estimate of drug-likeness (QED) is 0.550. The van der Waals surface area contributed by atoms with Crippen LogP contribution in [0.2, 0.25) is 5.15 Å². The molecule has 0 aliphatic heterocycles. The van der Waals surface area contributed by atoms with Crippen molar-refractivity contribution in [2.24, 2.45) is 11.3 Å². The average Bonchev–Trinajstić information content (AvgIpc) is 3.02. The molecule has 0 amide bonds. The van der Waals surface area contributed by atoms with Crippen molar-refractivity contribution in [3.05, 3.63) is 29.4 Å². The van der Waals surface area contributed by atoms with E-state index >= 15 is 0 Å². The fraction of sp³-hybridized carbons (Fsp3) is 0.500. The highest BCUT2D eigenvalue weighted by Crippen LogP contribution is 2.68. The summed E-state index contributed by atoms with van der Waals surface area (Å²) in [6.07, 6.45) is 1.72. The topological polar surface area (TPSA) is 74.2 Å². The second kappa shape index (κ2) is 6.77. The first kappa shape index (κ1) is 20.0. The van der Waals surface area contributed by atoms with Crippen LogP contribution in [0.5, 0.6) is 0 Å². The maximum absolute atomic E-state index is 10.5. The number of anilines is 2. The van der Waals surface area contributed by atoms with Gasteiger partial charge in [0, 0.05) is 24.5 Å². The van der Waals surface area contributed by atoms with Gasteiger partial charge in [-0.2, -0.15) is 4.98 Å². The highest BCUT2D eigenvalue weighted by atomic mass is 35.5. The van der Waals surface area contributed by atoms with Gasteiger partial charge in [-0.3, -0.25) is 0 Å². The van der Waals surface area contributed by atoms with E-state index in [1.807, 2.05) is 30.1 Å². The van der Waals surface area contributed by atoms with Crippen molar-refractivity contribution in [3.63, 3.8) is 0 Å². The molecule has 4 unspecified atom stereocenters. The number of thiazole rings is 1. The Kier molecular flexibility index (Phi) is 4.51. The number of nitrogens with one attached hydrogen (secondary N) is 1. The van der Waals surface area contributed by atoms with Crippen molar-refractivity contribution < 1.29 is 5.11 Å². The zero-order chi connectivity index (χ0) is 21.3. The van der Waals surface area contributed by atoms with Gasteiger partial charge < -0.3 is 15.3 Å². The van der Waals surface area contributed by atoms with E-state index in [2.05, 4.69) is 37.1 Å². The van der Waals surface area contributed by atoms with Crippen LogP contribution in [-0.2, 0) is 0 Å². The number of aromatic nitrogens is 3. The largest absolute Gasteiger partial charge is 0.392 e. The van der Waals surface area contributed by atoms with E-state index in [4.69, 9.17) is 21.6 Å². The van der Waals surface area contributed by atoms with Crippen molar-refractivity contribution in [2.45, 2.75) is 45.3 Å². The third-order valence-corrected chi connectivity index (χ3v) is 8.70. The molecule has 30 heavy (non-hydrogen) atoms. The Morgan fingerprint density at radius 2 is 2.03 bits per heavy atom. The minimum absolute atomic E-state index is 0.161. The van der Waals surface area contributed by atoms with Gasteiger partial charge >= 0.3 is 0 Å². The van der Waals surface area contributed by atoms with Gasteiger partial charge in [0.1, 0.15) is 16.0 Å². The molecular formula is C22H26ClN5OS. The van der Waals surface area contributed by atoms with Crippen molar-refractivity contribution in [3.8, 4) is 10.6 Å². The summed E-state index contributed by atoms with van der Waals surface area (Å²) < 4.78 is 1.10. The molecule has 2 aliphatic carbocycles. The molecule has 0 radical (unpaired) electrons. The van der Waals surface area contributed by atoms with Gasteiger partial charge in [0.15, 0.2) is 0 Å². The van der Waals surface area contributed by atoms with Crippen LogP contribution in [0.25, 0.3) is 20.8 Å². The number of hydrogen-bond donors (Lipinski definition) is 2. The van der Waals surface area contributed by atoms with Crippen molar-refractivity contribution >= 4 is 44.9 Å². The van der Waals surface area contributed by atoms with Gasteiger partial charge in [0.2, 0.25) is 5.95 Å². The average molecular weight is 444 g/mol. The van der Waals surface area contributed by atoms with Gasteiger partial charge in [0.25, 0.3) is 0 Å². The Labute approximate surface area is 185 Å². The number of nitrogens with zero attached hydrogens (tertiary/aromatic N) is 4. The third kappa shape index (κ3) is 2.75. The number of benzene rings is 1. The molecule has 0 bridgehead atoms. The molecule has 2 saturated carbocycles. The van der Waals surface area contributed by atoms with Crippen LogP contribution < -0.4 is 10.2 Å². The van der Waals surface area contributed by atoms with E-state index in [1.54, 1.807) is 11.3 Å². The van der Waals surface area contributed by atoms with E-state index in [1.165, 1.54) is 0 Å². The van der Waals surface area contributed by atoms with Crippen LogP contribution in [0.3, 0.4) is 0 Å². The molecule has 4 atom stereocenters. The molecule has 5 rings (SSSR count). The minimum atomic E-state index is -0.276. The number of aliphatic hydroxyl groups is 1. The lowest BCUT2D eigenvalue weighted by Gasteiger charge is -2.36. The molecule has 8 heteroatoms. The molecule has 0 spiro atoms. The molecule has 6 nitrogen and oxygen atoms in total. The predicted molar refractivity (Wildman–Crippen MR) is 123 cm³/mol. The molecule has 3 aromatic rings. The van der Waals surface area contributed by atoms with Crippen LogP contribution in [0.4, 0.5) is 11.8 Å². The standard InChI is InChI=1S/C22H26ClN5OS/c1-5-28(4)20-25-17(23)15(19-24-13-8-6-7-9-14(13)30-19)18(26-20)27-21(2)11-10-12-16(29)22(12,21)3/h6-9,12,16,29H,5,10-11H2,1-4H3,(H,25,26,27). The first-order chi connectivity index (χ1) is 14.3. The third-order valence-electron chi connectivity index (χ3n) is 7.37. The normalized spacial score (nSPS) is 29.8. The Morgan fingerprint density at radius 1 is 1.27 bits per heavy atom. The van der Waals surface area contributed by atoms with Gasteiger partial charge in [-0.25, -0.2) is 9.97 Å². The Balaban J connectivity index is 1.65. The first-order valence-electron chi connectivity index (χ1n) is 10.4. The van der Waals surface area contributed by atoms with E-state index in [0.717, 1.165) is 40.2 Å². The molecule has 158 valence electrons. The van der Waals surface area contributed by atoms with Crippen molar-refractivity contribution in [1.82, 2.24) is 15.0 Å². The highest BCUT2D eigenvalue weighted by Gasteiger charge is 2.73. The molecule has 2 N–H and O–H groups in total. The Hall–Kier alpha value is -1.96. The summed E-state index contributed by atoms with van der Waals surface area (Å²) in [5.74, 6) is 1.61. The first-order valence-corrected chi connectivity index (χ1v) is 11.6. The second-order valence-corrected chi connectivity index (χ2v) is 10.3. The zero-order valence-electron chi connectivity index (χ0n) is 17.6. The number of halogens is 1. The van der Waals surface area contributed by atoms with Gasteiger partial charge in [-0.05, 0) is 44.7 Å². The molecule has 2 aliphatic rings. The maximum atomic E-state index is 10.5. The van der Waals surface area contributed by atoms with Crippen LogP contribution in [-0.4, -0.2) is 45.3 Å². The van der Waals surface area contributed by atoms with E-state index in [0.29, 0.717) is 22.8 Å². The molecule has 2 aromatic heterocycles. The number of fused-ring (bicyclic) bond motifs is 2. The number of aliphatic hydroxyl groups excluding tert-OH is 1. The lowest BCUT2D eigenvalue weighted by Crippen LogP contribution is -2.43. The van der Waals surface area contributed by atoms with Crippen LogP contribution >= 0.6 is 22.9 Å². The maximum Gasteiger partial charge on any atom is 0.228 e. The Morgan fingerprint density at radius 3 is 2.70 bits per heavy atom. The number of para-hydroxylation sites is 1. The zero-order valence-corrected chi connectivity index (χ0v) is 19.2. The molecule has 2 fully saturated rings. The fourth-order valence-electron chi connectivity index (χ4n) is 4.94. The lowest BCUT2D eigenvalue weighted by atomic mass is 9.84. The highest BCUT2D eigenvalue weighted by molar-refractivity contribution is 7.21. The van der Waals surface area contributed by atoms with Gasteiger partial charge in [0.05, 0.1) is 21.9 Å². The summed E-state index contributed by atoms with van der Waals surface area (Å²) in [4.78, 5) is 16.2. The monoisotopic (exact) mass is 443 g/mol. The summed E-state index contributed by atoms with van der Waals surface area (Å²) in [5.41, 5.74) is 1.23. The molecule has 1 aromatic carbocycles. The smallest absolute Gasteiger partial charge is 0.228 e. The lowest BCUT2D eigenvalue weighted by molar-refractivity contribution is 0.172.